The van der Waals surface area contributed by atoms with Gasteiger partial charge >= 0.3 is 0 Å². The molecule has 3 rings (SSSR count). The molecule has 1 aliphatic heterocycles. The van der Waals surface area contributed by atoms with Crippen molar-refractivity contribution in [3.8, 4) is 23.0 Å². The second kappa shape index (κ2) is 9.20. The molecule has 0 spiro atoms. The zero-order chi connectivity index (χ0) is 20.1. The first-order valence-corrected chi connectivity index (χ1v) is 10.4. The van der Waals surface area contributed by atoms with Gasteiger partial charge in [0.25, 0.3) is 0 Å². The van der Waals surface area contributed by atoms with Gasteiger partial charge in [-0.1, -0.05) is 0 Å². The van der Waals surface area contributed by atoms with Crippen molar-refractivity contribution in [1.29, 1.82) is 0 Å². The van der Waals surface area contributed by atoms with E-state index in [1.165, 1.54) is 0 Å². The predicted octanol–water partition coefficient (Wildman–Crippen LogP) is 1.77. The Labute approximate surface area is 166 Å². The highest BCUT2D eigenvalue weighted by molar-refractivity contribution is 7.84. The highest BCUT2D eigenvalue weighted by Gasteiger charge is 2.21. The Bertz CT molecular complexity index is 860. The number of hydrogen-bond acceptors (Lipinski definition) is 7. The maximum absolute atomic E-state index is 12.5. The molecule has 0 bridgehead atoms. The van der Waals surface area contributed by atoms with Crippen LogP contribution in [-0.4, -0.2) is 66.3 Å². The first-order valence-electron chi connectivity index (χ1n) is 8.91. The van der Waals surface area contributed by atoms with E-state index < -0.39 is 10.8 Å². The normalized spacial score (nSPS) is 15.3. The van der Waals surface area contributed by atoms with E-state index >= 15 is 0 Å². The smallest absolute Gasteiger partial charge is 0.235 e. The molecule has 152 valence electrons. The molecular weight excluding hydrogens is 384 g/mol. The first kappa shape index (κ1) is 20.3. The summed E-state index contributed by atoms with van der Waals surface area (Å²) in [4.78, 5) is 18.4. The monoisotopic (exact) mass is 408 g/mol. The van der Waals surface area contributed by atoms with E-state index in [1.807, 2.05) is 6.07 Å². The molecule has 0 saturated carbocycles. The van der Waals surface area contributed by atoms with Crippen LogP contribution in [0, 0.1) is 6.92 Å². The summed E-state index contributed by atoms with van der Waals surface area (Å²) >= 11 is 0. The van der Waals surface area contributed by atoms with Gasteiger partial charge in [-0.3, -0.25) is 9.00 Å². The number of carbonyl (C=O) groups excluding carboxylic acids is 1. The fourth-order valence-corrected chi connectivity index (χ4v) is 4.03. The molecule has 1 aromatic carbocycles. The topological polar surface area (TPSA) is 91.1 Å². The summed E-state index contributed by atoms with van der Waals surface area (Å²) in [6, 6.07) is 5.36. The first-order chi connectivity index (χ1) is 13.5. The maximum Gasteiger partial charge on any atom is 0.235 e. The number of benzene rings is 1. The van der Waals surface area contributed by atoms with Crippen molar-refractivity contribution in [1.82, 2.24) is 9.88 Å². The third-order valence-electron chi connectivity index (χ3n) is 4.47. The largest absolute Gasteiger partial charge is 0.493 e. The van der Waals surface area contributed by atoms with Crippen LogP contribution in [0.3, 0.4) is 0 Å². The molecule has 2 aromatic rings. The Morgan fingerprint density at radius 2 is 1.93 bits per heavy atom. The Morgan fingerprint density at radius 3 is 2.61 bits per heavy atom. The van der Waals surface area contributed by atoms with Gasteiger partial charge in [-0.25, -0.2) is 4.98 Å². The lowest BCUT2D eigenvalue weighted by Gasteiger charge is -2.26. The highest BCUT2D eigenvalue weighted by atomic mass is 32.2. The summed E-state index contributed by atoms with van der Waals surface area (Å²) in [5, 5.41) is 0. The summed E-state index contributed by atoms with van der Waals surface area (Å²) in [6.07, 6.45) is 0. The van der Waals surface area contributed by atoms with Crippen molar-refractivity contribution in [3.05, 3.63) is 29.7 Å². The van der Waals surface area contributed by atoms with E-state index in [0.29, 0.717) is 55.1 Å². The van der Waals surface area contributed by atoms with Crippen LogP contribution >= 0.6 is 0 Å². The molecule has 0 radical (unpaired) electrons. The second-order valence-electron chi connectivity index (χ2n) is 6.31. The van der Waals surface area contributed by atoms with Crippen LogP contribution in [0.15, 0.2) is 22.6 Å². The lowest BCUT2D eigenvalue weighted by Crippen LogP contribution is -2.42. The average molecular weight is 408 g/mol. The molecule has 0 unspecified atom stereocenters. The molecule has 9 heteroatoms. The number of aryl methyl sites for hydroxylation is 1. The summed E-state index contributed by atoms with van der Waals surface area (Å²) in [7, 11) is 1.76. The van der Waals surface area contributed by atoms with E-state index in [-0.39, 0.29) is 17.4 Å². The Hall–Kier alpha value is -2.39. The number of ether oxygens (including phenoxy) is 3. The zero-order valence-corrected chi connectivity index (χ0v) is 17.0. The number of amides is 1. The number of hydrogen-bond donors (Lipinski definition) is 0. The maximum atomic E-state index is 12.5. The van der Waals surface area contributed by atoms with Crippen molar-refractivity contribution in [3.63, 3.8) is 0 Å². The van der Waals surface area contributed by atoms with Crippen LogP contribution in [0.2, 0.25) is 0 Å². The molecular formula is C19H24N2O6S. The zero-order valence-electron chi connectivity index (χ0n) is 16.2. The molecule has 0 N–H and O–H groups in total. The minimum atomic E-state index is -1.37. The molecule has 1 aliphatic rings. The number of nitrogens with zero attached hydrogens (tertiary/aromatic N) is 2. The summed E-state index contributed by atoms with van der Waals surface area (Å²) in [5.74, 6) is 2.18. The minimum absolute atomic E-state index is 0.0298. The fraction of sp³-hybridized carbons (Fsp3) is 0.474. The number of carbonyl (C=O) groups is 1. The summed E-state index contributed by atoms with van der Waals surface area (Å²) in [5.41, 5.74) is 1.31. The molecule has 1 aromatic heterocycles. The Morgan fingerprint density at radius 1 is 1.21 bits per heavy atom. The van der Waals surface area contributed by atoms with E-state index in [1.54, 1.807) is 38.2 Å². The van der Waals surface area contributed by atoms with Crippen LogP contribution < -0.4 is 9.47 Å². The molecule has 8 nitrogen and oxygen atoms in total. The van der Waals surface area contributed by atoms with Crippen molar-refractivity contribution in [2.45, 2.75) is 12.7 Å². The van der Waals surface area contributed by atoms with Gasteiger partial charge in [0.15, 0.2) is 11.5 Å². The van der Waals surface area contributed by atoms with Crippen LogP contribution in [0.4, 0.5) is 0 Å². The highest BCUT2D eigenvalue weighted by Crippen LogP contribution is 2.32. The number of methoxy groups -OCH3 is 2. The van der Waals surface area contributed by atoms with E-state index in [2.05, 4.69) is 4.98 Å². The molecule has 1 saturated heterocycles. The second-order valence-corrected chi connectivity index (χ2v) is 7.77. The Kier molecular flexibility index (Phi) is 6.69. The fourth-order valence-electron chi connectivity index (χ4n) is 2.90. The SMILES string of the molecule is COc1ccc(-c2nc(C[S@](=O)CC(=O)N3CCOCC3)c(C)o2)cc1OC. The van der Waals surface area contributed by atoms with Gasteiger partial charge in [-0.05, 0) is 25.1 Å². The minimum Gasteiger partial charge on any atom is -0.493 e. The number of morpholine rings is 1. The van der Waals surface area contributed by atoms with Gasteiger partial charge in [-0.15, -0.1) is 0 Å². The van der Waals surface area contributed by atoms with Crippen molar-refractivity contribution < 1.29 is 27.6 Å². The molecule has 28 heavy (non-hydrogen) atoms. The molecule has 1 fully saturated rings. The predicted molar refractivity (Wildman–Crippen MR) is 104 cm³/mol. The van der Waals surface area contributed by atoms with Crippen molar-refractivity contribution in [2.75, 3.05) is 46.3 Å². The van der Waals surface area contributed by atoms with Gasteiger partial charge in [0.2, 0.25) is 11.8 Å². The van der Waals surface area contributed by atoms with Crippen molar-refractivity contribution in [2.24, 2.45) is 0 Å². The van der Waals surface area contributed by atoms with E-state index in [4.69, 9.17) is 18.6 Å². The van der Waals surface area contributed by atoms with Gasteiger partial charge in [0.1, 0.15) is 11.5 Å². The van der Waals surface area contributed by atoms with Crippen LogP contribution in [-0.2, 0) is 26.1 Å². The van der Waals surface area contributed by atoms with Gasteiger partial charge < -0.3 is 23.5 Å². The lowest BCUT2D eigenvalue weighted by atomic mass is 10.2. The standard InChI is InChI=1S/C19H24N2O6S/c1-13-15(11-28(23)12-18(22)21-6-8-26-9-7-21)20-19(27-13)14-4-5-16(24-2)17(10-14)25-3/h4-5,10H,6-9,11-12H2,1-3H3/t28-/m0/s1. The lowest BCUT2D eigenvalue weighted by molar-refractivity contribution is -0.132. The van der Waals surface area contributed by atoms with E-state index in [0.717, 1.165) is 5.56 Å². The Balaban J connectivity index is 1.68. The van der Waals surface area contributed by atoms with Gasteiger partial charge in [-0.2, -0.15) is 0 Å². The van der Waals surface area contributed by atoms with Crippen LogP contribution in [0.1, 0.15) is 11.5 Å². The summed E-state index contributed by atoms with van der Waals surface area (Å²) in [6.45, 7) is 3.91. The molecule has 2 heterocycles. The van der Waals surface area contributed by atoms with Crippen LogP contribution in [0.5, 0.6) is 11.5 Å². The van der Waals surface area contributed by atoms with Gasteiger partial charge in [0.05, 0.1) is 38.9 Å². The van der Waals surface area contributed by atoms with Crippen LogP contribution in [0.25, 0.3) is 11.5 Å². The molecule has 1 atom stereocenters. The van der Waals surface area contributed by atoms with E-state index in [9.17, 15) is 9.00 Å². The number of aromatic nitrogens is 1. The molecule has 1 amide bonds. The summed E-state index contributed by atoms with van der Waals surface area (Å²) < 4.78 is 34.0. The number of oxazole rings is 1. The molecule has 0 aliphatic carbocycles. The average Bonchev–Trinajstić information content (AvgIpc) is 3.08. The van der Waals surface area contributed by atoms with Crippen molar-refractivity contribution >= 4 is 16.7 Å². The van der Waals surface area contributed by atoms with Gasteiger partial charge in [0, 0.05) is 29.5 Å². The quantitative estimate of drug-likeness (QED) is 0.690. The third kappa shape index (κ3) is 4.71. The third-order valence-corrected chi connectivity index (χ3v) is 5.63. The number of rotatable bonds is 7.